The summed E-state index contributed by atoms with van der Waals surface area (Å²) in [6, 6.07) is 15.6. The number of ether oxygens (including phenoxy) is 1. The number of benzene rings is 2. The quantitative estimate of drug-likeness (QED) is 0.729. The maximum atomic E-state index is 13.7. The average Bonchev–Trinajstić information content (AvgIpc) is 3.09. The largest absolute Gasteiger partial charge is 0.373 e. The van der Waals surface area contributed by atoms with Crippen molar-refractivity contribution in [2.45, 2.75) is 43.9 Å². The Bertz CT molecular complexity index is 1040. The van der Waals surface area contributed by atoms with Crippen LogP contribution in [-0.4, -0.2) is 40.2 Å². The average molecular weight is 395 g/mol. The number of imidazole rings is 1. The van der Waals surface area contributed by atoms with Crippen LogP contribution in [-0.2, 0) is 4.74 Å². The molecule has 5 nitrogen and oxygen atoms in total. The molecule has 0 spiro atoms. The molecule has 3 aromatic rings. The maximum Gasteiger partial charge on any atom is 0.326 e. The summed E-state index contributed by atoms with van der Waals surface area (Å²) < 4.78 is 21.5. The Morgan fingerprint density at radius 2 is 1.79 bits per heavy atom. The number of halogens is 1. The molecule has 2 saturated heterocycles. The number of aromatic amines is 1. The first kappa shape index (κ1) is 18.6. The van der Waals surface area contributed by atoms with E-state index >= 15 is 0 Å². The number of H-pyrrole nitrogens is 1. The van der Waals surface area contributed by atoms with Crippen LogP contribution in [0.1, 0.15) is 43.4 Å². The Balaban J connectivity index is 1.28. The van der Waals surface area contributed by atoms with E-state index in [1.54, 1.807) is 10.6 Å². The van der Waals surface area contributed by atoms with Gasteiger partial charge in [0.2, 0.25) is 0 Å². The van der Waals surface area contributed by atoms with Gasteiger partial charge in [0.25, 0.3) is 0 Å². The molecule has 5 rings (SSSR count). The highest BCUT2D eigenvalue weighted by Crippen LogP contribution is 2.33. The molecule has 29 heavy (non-hydrogen) atoms. The third-order valence-corrected chi connectivity index (χ3v) is 6.49. The number of piperidine rings is 1. The van der Waals surface area contributed by atoms with Gasteiger partial charge in [-0.05, 0) is 49.4 Å². The summed E-state index contributed by atoms with van der Waals surface area (Å²) >= 11 is 0. The third-order valence-electron chi connectivity index (χ3n) is 6.49. The van der Waals surface area contributed by atoms with Crippen LogP contribution in [0.5, 0.6) is 0 Å². The second-order valence-corrected chi connectivity index (χ2v) is 8.18. The van der Waals surface area contributed by atoms with E-state index < -0.39 is 0 Å². The summed E-state index contributed by atoms with van der Waals surface area (Å²) in [7, 11) is 0. The van der Waals surface area contributed by atoms with Gasteiger partial charge < -0.3 is 14.6 Å². The van der Waals surface area contributed by atoms with Gasteiger partial charge in [-0.1, -0.05) is 30.3 Å². The monoisotopic (exact) mass is 395 g/mol. The van der Waals surface area contributed by atoms with Gasteiger partial charge in [0.05, 0.1) is 17.1 Å². The zero-order valence-electron chi connectivity index (χ0n) is 16.4. The Kier molecular flexibility index (Phi) is 4.97. The summed E-state index contributed by atoms with van der Waals surface area (Å²) in [5.41, 5.74) is 2.48. The van der Waals surface area contributed by atoms with Crippen LogP contribution in [0.2, 0.25) is 0 Å². The lowest BCUT2D eigenvalue weighted by Crippen LogP contribution is -2.45. The SMILES string of the molecule is O=c1[nH]c2ccc(F)cc2n1C1CCN(C2CCOC(c3ccccc3)C2)CC1. The van der Waals surface area contributed by atoms with Crippen LogP contribution >= 0.6 is 0 Å². The van der Waals surface area contributed by atoms with Gasteiger partial charge >= 0.3 is 5.69 Å². The topological polar surface area (TPSA) is 50.3 Å². The Morgan fingerprint density at radius 3 is 2.59 bits per heavy atom. The molecule has 3 heterocycles. The van der Waals surface area contributed by atoms with E-state index in [0.717, 1.165) is 45.4 Å². The Hall–Kier alpha value is -2.44. The van der Waals surface area contributed by atoms with Crippen molar-refractivity contribution >= 4 is 11.0 Å². The molecule has 0 amide bonds. The van der Waals surface area contributed by atoms with Crippen molar-refractivity contribution in [3.63, 3.8) is 0 Å². The van der Waals surface area contributed by atoms with Gasteiger partial charge in [-0.2, -0.15) is 0 Å². The van der Waals surface area contributed by atoms with Crippen LogP contribution in [0.4, 0.5) is 4.39 Å². The first-order valence-electron chi connectivity index (χ1n) is 10.5. The van der Waals surface area contributed by atoms with Crippen LogP contribution in [0.15, 0.2) is 53.3 Å². The number of hydrogen-bond acceptors (Lipinski definition) is 3. The number of likely N-dealkylation sites (tertiary alicyclic amines) is 1. The van der Waals surface area contributed by atoms with E-state index in [4.69, 9.17) is 4.74 Å². The Morgan fingerprint density at radius 1 is 1.00 bits per heavy atom. The van der Waals surface area contributed by atoms with E-state index in [2.05, 4.69) is 34.1 Å². The smallest absolute Gasteiger partial charge is 0.326 e. The molecule has 0 aliphatic carbocycles. The minimum Gasteiger partial charge on any atom is -0.373 e. The molecule has 2 unspecified atom stereocenters. The predicted octanol–water partition coefficient (Wildman–Crippen LogP) is 4.03. The number of fused-ring (bicyclic) bond motifs is 1. The van der Waals surface area contributed by atoms with Crippen molar-refractivity contribution in [3.05, 3.63) is 70.4 Å². The molecule has 152 valence electrons. The normalized spacial score (nSPS) is 24.2. The number of nitrogens with zero attached hydrogens (tertiary/aromatic N) is 2. The van der Waals surface area contributed by atoms with Gasteiger partial charge in [0.1, 0.15) is 5.82 Å². The molecule has 2 atom stereocenters. The summed E-state index contributed by atoms with van der Waals surface area (Å²) in [5, 5.41) is 0. The highest BCUT2D eigenvalue weighted by Gasteiger charge is 2.32. The second kappa shape index (κ2) is 7.76. The molecule has 1 N–H and O–H groups in total. The fourth-order valence-electron chi connectivity index (χ4n) is 4.98. The van der Waals surface area contributed by atoms with E-state index in [1.807, 2.05) is 6.07 Å². The van der Waals surface area contributed by atoms with Crippen molar-refractivity contribution in [2.24, 2.45) is 0 Å². The number of nitrogens with one attached hydrogen (secondary N) is 1. The van der Waals surface area contributed by atoms with Gasteiger partial charge in [0, 0.05) is 31.8 Å². The van der Waals surface area contributed by atoms with Crippen molar-refractivity contribution < 1.29 is 9.13 Å². The first-order valence-corrected chi connectivity index (χ1v) is 10.5. The second-order valence-electron chi connectivity index (χ2n) is 8.18. The summed E-state index contributed by atoms with van der Waals surface area (Å²) in [6.45, 7) is 2.68. The van der Waals surface area contributed by atoms with Crippen molar-refractivity contribution in [1.29, 1.82) is 0 Å². The van der Waals surface area contributed by atoms with Crippen LogP contribution in [0, 0.1) is 5.82 Å². The van der Waals surface area contributed by atoms with Crippen LogP contribution in [0.3, 0.4) is 0 Å². The van der Waals surface area contributed by atoms with Gasteiger partial charge in [-0.15, -0.1) is 0 Å². The zero-order valence-corrected chi connectivity index (χ0v) is 16.4. The highest BCUT2D eigenvalue weighted by atomic mass is 19.1. The summed E-state index contributed by atoms with van der Waals surface area (Å²) in [5.74, 6) is -0.308. The number of hydrogen-bond donors (Lipinski definition) is 1. The van der Waals surface area contributed by atoms with E-state index in [-0.39, 0.29) is 23.7 Å². The van der Waals surface area contributed by atoms with Gasteiger partial charge in [-0.25, -0.2) is 9.18 Å². The molecule has 6 heteroatoms. The molecule has 0 bridgehead atoms. The predicted molar refractivity (Wildman–Crippen MR) is 111 cm³/mol. The minimum absolute atomic E-state index is 0.110. The first-order chi connectivity index (χ1) is 14.2. The molecule has 2 aromatic carbocycles. The highest BCUT2D eigenvalue weighted by molar-refractivity contribution is 5.75. The summed E-state index contributed by atoms with van der Waals surface area (Å²) in [6.07, 6.45) is 4.01. The fraction of sp³-hybridized carbons (Fsp3) is 0.435. The zero-order chi connectivity index (χ0) is 19.8. The lowest BCUT2D eigenvalue weighted by molar-refractivity contribution is -0.0346. The fourth-order valence-corrected chi connectivity index (χ4v) is 4.98. The molecule has 0 saturated carbocycles. The lowest BCUT2D eigenvalue weighted by atomic mass is 9.94. The molecule has 1 aromatic heterocycles. The van der Waals surface area contributed by atoms with E-state index in [9.17, 15) is 9.18 Å². The standard InChI is InChI=1S/C23H26FN3O2/c24-17-6-7-20-21(14-17)27(23(28)25-20)18-8-11-26(12-9-18)19-10-13-29-22(15-19)16-4-2-1-3-5-16/h1-7,14,18-19,22H,8-13,15H2,(H,25,28). The lowest BCUT2D eigenvalue weighted by Gasteiger charge is -2.41. The van der Waals surface area contributed by atoms with E-state index in [0.29, 0.717) is 17.1 Å². The van der Waals surface area contributed by atoms with Crippen molar-refractivity contribution in [3.8, 4) is 0 Å². The molecule has 2 aliphatic heterocycles. The van der Waals surface area contributed by atoms with Crippen LogP contribution in [0.25, 0.3) is 11.0 Å². The molecule has 2 fully saturated rings. The summed E-state index contributed by atoms with van der Waals surface area (Å²) in [4.78, 5) is 17.9. The molecule has 2 aliphatic rings. The molecular weight excluding hydrogens is 369 g/mol. The maximum absolute atomic E-state index is 13.7. The number of rotatable bonds is 3. The third kappa shape index (κ3) is 3.63. The van der Waals surface area contributed by atoms with Crippen LogP contribution < -0.4 is 5.69 Å². The Labute approximate surface area is 169 Å². The van der Waals surface area contributed by atoms with Crippen molar-refractivity contribution in [2.75, 3.05) is 19.7 Å². The van der Waals surface area contributed by atoms with Gasteiger partial charge in [0.15, 0.2) is 0 Å². The molecular formula is C23H26FN3O2. The van der Waals surface area contributed by atoms with E-state index in [1.165, 1.54) is 17.7 Å². The molecule has 0 radical (unpaired) electrons. The number of aromatic nitrogens is 2. The minimum atomic E-state index is -0.308. The van der Waals surface area contributed by atoms with Gasteiger partial charge in [-0.3, -0.25) is 4.57 Å². The van der Waals surface area contributed by atoms with Crippen molar-refractivity contribution in [1.82, 2.24) is 14.5 Å².